The van der Waals surface area contributed by atoms with Crippen LogP contribution in [0.15, 0.2) is 24.3 Å². The summed E-state index contributed by atoms with van der Waals surface area (Å²) in [4.78, 5) is 19.1. The predicted octanol–water partition coefficient (Wildman–Crippen LogP) is 3.09. The van der Waals surface area contributed by atoms with E-state index >= 15 is 0 Å². The molecule has 1 spiro atoms. The molecule has 5 aliphatic rings. The van der Waals surface area contributed by atoms with Gasteiger partial charge in [0.25, 0.3) is 5.91 Å². The lowest BCUT2D eigenvalue weighted by Gasteiger charge is -2.52. The number of anilines is 1. The number of morpholine rings is 1. The summed E-state index contributed by atoms with van der Waals surface area (Å²) >= 11 is 1.65. The first-order valence-electron chi connectivity index (χ1n) is 10.7. The largest absolute Gasteiger partial charge is 0.378 e. The number of thiophene rings is 1. The molecule has 5 nitrogen and oxygen atoms in total. The number of rotatable bonds is 3. The van der Waals surface area contributed by atoms with Gasteiger partial charge in [0.15, 0.2) is 0 Å². The van der Waals surface area contributed by atoms with Crippen molar-refractivity contribution in [1.82, 2.24) is 10.2 Å². The Hall–Kier alpha value is -1.63. The quantitative estimate of drug-likeness (QED) is 0.865. The van der Waals surface area contributed by atoms with E-state index in [1.54, 1.807) is 11.3 Å². The lowest BCUT2D eigenvalue weighted by molar-refractivity contribution is -0.00138. The number of piperidine rings is 3. The summed E-state index contributed by atoms with van der Waals surface area (Å²) in [5, 5.41) is 4.65. The predicted molar refractivity (Wildman–Crippen MR) is 112 cm³/mol. The highest BCUT2D eigenvalue weighted by Gasteiger charge is 2.60. The number of amides is 1. The zero-order valence-corrected chi connectivity index (χ0v) is 17.0. The number of hydrogen-bond donors (Lipinski definition) is 1. The molecule has 7 rings (SSSR count). The maximum atomic E-state index is 13.2. The van der Waals surface area contributed by atoms with Gasteiger partial charge in [-0.1, -0.05) is 12.1 Å². The van der Waals surface area contributed by atoms with Gasteiger partial charge in [0, 0.05) is 18.6 Å². The monoisotopic (exact) mass is 397 g/mol. The van der Waals surface area contributed by atoms with Gasteiger partial charge in [0.2, 0.25) is 0 Å². The van der Waals surface area contributed by atoms with Crippen LogP contribution >= 0.6 is 11.3 Å². The molecule has 1 saturated carbocycles. The first kappa shape index (κ1) is 17.2. The van der Waals surface area contributed by atoms with E-state index < -0.39 is 0 Å². The molecule has 1 amide bonds. The van der Waals surface area contributed by atoms with Gasteiger partial charge in [-0.25, -0.2) is 0 Å². The summed E-state index contributed by atoms with van der Waals surface area (Å²) < 4.78 is 6.73. The fourth-order valence-corrected chi connectivity index (χ4v) is 6.85. The number of benzene rings is 1. The van der Waals surface area contributed by atoms with Gasteiger partial charge >= 0.3 is 0 Å². The number of nitrogens with one attached hydrogen (secondary N) is 1. The standard InChI is InChI=1S/C22H27N3O2S/c26-21(23-20-15-4-8-25(9-5-15)22(20)6-7-22)18-14-16-2-1-3-17(19(16)28-18)24-10-12-27-13-11-24/h1-3,14-15,20H,4-13H2,(H,23,26)/t20-/m0/s1. The molecule has 1 N–H and O–H groups in total. The molecule has 1 aromatic carbocycles. The van der Waals surface area contributed by atoms with Gasteiger partial charge in [0.05, 0.1) is 34.5 Å². The summed E-state index contributed by atoms with van der Waals surface area (Å²) in [5.41, 5.74) is 1.53. The maximum absolute atomic E-state index is 13.2. The summed E-state index contributed by atoms with van der Waals surface area (Å²) in [6.07, 6.45) is 4.98. The van der Waals surface area contributed by atoms with Crippen molar-refractivity contribution in [3.8, 4) is 0 Å². The van der Waals surface area contributed by atoms with Crippen molar-refractivity contribution in [3.63, 3.8) is 0 Å². The Morgan fingerprint density at radius 3 is 2.68 bits per heavy atom. The number of carbonyl (C=O) groups excluding carboxylic acids is 1. The molecule has 4 saturated heterocycles. The Morgan fingerprint density at radius 2 is 1.93 bits per heavy atom. The van der Waals surface area contributed by atoms with Crippen LogP contribution in [0.3, 0.4) is 0 Å². The van der Waals surface area contributed by atoms with E-state index in [0.29, 0.717) is 12.0 Å². The molecule has 0 unspecified atom stereocenters. The maximum Gasteiger partial charge on any atom is 0.261 e. The molecular weight excluding hydrogens is 370 g/mol. The summed E-state index contributed by atoms with van der Waals surface area (Å²) in [6.45, 7) is 5.83. The van der Waals surface area contributed by atoms with Crippen LogP contribution in [0, 0.1) is 5.92 Å². The average Bonchev–Trinajstić information content (AvgIpc) is 3.39. The molecule has 1 aliphatic carbocycles. The summed E-state index contributed by atoms with van der Waals surface area (Å²) in [5.74, 6) is 0.786. The topological polar surface area (TPSA) is 44.8 Å². The highest BCUT2D eigenvalue weighted by Crippen LogP contribution is 2.53. The highest BCUT2D eigenvalue weighted by molar-refractivity contribution is 7.21. The van der Waals surface area contributed by atoms with Crippen molar-refractivity contribution in [2.24, 2.45) is 5.92 Å². The third-order valence-electron chi connectivity index (χ3n) is 7.37. The highest BCUT2D eigenvalue weighted by atomic mass is 32.1. The first-order chi connectivity index (χ1) is 13.7. The fourth-order valence-electron chi connectivity index (χ4n) is 5.75. The van der Waals surface area contributed by atoms with Gasteiger partial charge < -0.3 is 15.0 Å². The summed E-state index contributed by atoms with van der Waals surface area (Å²) in [7, 11) is 0. The van der Waals surface area contributed by atoms with Crippen LogP contribution in [-0.4, -0.2) is 61.8 Å². The van der Waals surface area contributed by atoms with Crippen LogP contribution < -0.4 is 10.2 Å². The van der Waals surface area contributed by atoms with E-state index in [4.69, 9.17) is 4.74 Å². The molecule has 1 atom stereocenters. The van der Waals surface area contributed by atoms with Crippen molar-refractivity contribution in [2.75, 3.05) is 44.3 Å². The van der Waals surface area contributed by atoms with Crippen LogP contribution in [0.1, 0.15) is 35.4 Å². The lowest BCUT2D eigenvalue weighted by Crippen LogP contribution is -2.65. The zero-order chi connectivity index (χ0) is 18.7. The molecule has 4 aliphatic heterocycles. The van der Waals surface area contributed by atoms with Crippen LogP contribution in [0.2, 0.25) is 0 Å². The molecule has 148 valence electrons. The number of hydrogen-bond acceptors (Lipinski definition) is 5. The van der Waals surface area contributed by atoms with Gasteiger partial charge in [-0.3, -0.25) is 9.69 Å². The molecule has 0 radical (unpaired) electrons. The Morgan fingerprint density at radius 1 is 1.14 bits per heavy atom. The molecule has 6 heteroatoms. The van der Waals surface area contributed by atoms with Crippen LogP contribution in [0.4, 0.5) is 5.69 Å². The minimum Gasteiger partial charge on any atom is -0.378 e. The molecule has 2 bridgehead atoms. The van der Waals surface area contributed by atoms with E-state index in [9.17, 15) is 4.79 Å². The van der Waals surface area contributed by atoms with Crippen LogP contribution in [0.5, 0.6) is 0 Å². The SMILES string of the molecule is O=C(N[C@H]1C2CCN(CC2)C12CC2)c1cc2cccc(N3CCOCC3)c2s1. The minimum absolute atomic E-state index is 0.124. The van der Waals surface area contributed by atoms with Crippen molar-refractivity contribution in [1.29, 1.82) is 0 Å². The average molecular weight is 398 g/mol. The van der Waals surface area contributed by atoms with Gasteiger partial charge in [0.1, 0.15) is 0 Å². The van der Waals surface area contributed by atoms with Gasteiger partial charge in [-0.15, -0.1) is 11.3 Å². The summed E-state index contributed by atoms with van der Waals surface area (Å²) in [6, 6.07) is 8.84. The first-order valence-corrected chi connectivity index (χ1v) is 11.5. The molecule has 1 aromatic heterocycles. The van der Waals surface area contributed by atoms with Gasteiger partial charge in [-0.2, -0.15) is 0 Å². The second-order valence-electron chi connectivity index (χ2n) is 8.78. The molecule has 5 heterocycles. The third-order valence-corrected chi connectivity index (χ3v) is 8.54. The Balaban J connectivity index is 1.28. The minimum atomic E-state index is 0.124. The van der Waals surface area contributed by atoms with Crippen molar-refractivity contribution >= 4 is 33.0 Å². The number of nitrogens with zero attached hydrogens (tertiary/aromatic N) is 2. The van der Waals surface area contributed by atoms with E-state index in [1.165, 1.54) is 54.5 Å². The Labute approximate surface area is 169 Å². The lowest BCUT2D eigenvalue weighted by atomic mass is 9.77. The Bertz CT molecular complexity index is 908. The zero-order valence-electron chi connectivity index (χ0n) is 16.2. The van der Waals surface area contributed by atoms with Crippen molar-refractivity contribution in [3.05, 3.63) is 29.1 Å². The van der Waals surface area contributed by atoms with Crippen molar-refractivity contribution in [2.45, 2.75) is 37.3 Å². The second-order valence-corrected chi connectivity index (χ2v) is 9.84. The van der Waals surface area contributed by atoms with Crippen LogP contribution in [-0.2, 0) is 4.74 Å². The normalized spacial score (nSPS) is 30.7. The smallest absolute Gasteiger partial charge is 0.261 e. The Kier molecular flexibility index (Phi) is 3.97. The molecule has 2 aromatic rings. The van der Waals surface area contributed by atoms with E-state index in [0.717, 1.165) is 31.2 Å². The number of fused-ring (bicyclic) bond motifs is 3. The van der Waals surface area contributed by atoms with E-state index in [2.05, 4.69) is 39.4 Å². The van der Waals surface area contributed by atoms with Gasteiger partial charge in [-0.05, 0) is 62.2 Å². The fraction of sp³-hybridized carbons (Fsp3) is 0.591. The van der Waals surface area contributed by atoms with E-state index in [-0.39, 0.29) is 11.4 Å². The number of carbonyl (C=O) groups is 1. The second kappa shape index (κ2) is 6.44. The van der Waals surface area contributed by atoms with E-state index in [1.807, 2.05) is 0 Å². The molecular formula is C22H27N3O2S. The van der Waals surface area contributed by atoms with Crippen molar-refractivity contribution < 1.29 is 9.53 Å². The molecule has 5 fully saturated rings. The number of ether oxygens (including phenoxy) is 1. The van der Waals surface area contributed by atoms with Crippen LogP contribution in [0.25, 0.3) is 10.1 Å². The molecule has 28 heavy (non-hydrogen) atoms. The third kappa shape index (κ3) is 2.61.